The van der Waals surface area contributed by atoms with E-state index in [0.29, 0.717) is 13.2 Å². The van der Waals surface area contributed by atoms with Crippen molar-refractivity contribution in [3.8, 4) is 0 Å². The van der Waals surface area contributed by atoms with E-state index in [9.17, 15) is 8.78 Å². The lowest BCUT2D eigenvalue weighted by Crippen LogP contribution is -2.31. The number of rotatable bonds is 4. The first-order valence-corrected chi connectivity index (χ1v) is 5.45. The van der Waals surface area contributed by atoms with Crippen molar-refractivity contribution in [2.24, 2.45) is 0 Å². The van der Waals surface area contributed by atoms with Gasteiger partial charge in [-0.15, -0.1) is 0 Å². The largest absolute Gasteiger partial charge is 0.383 e. The number of hydrogen-bond donors (Lipinski definition) is 2. The van der Waals surface area contributed by atoms with Crippen LogP contribution in [-0.2, 0) is 4.74 Å². The van der Waals surface area contributed by atoms with E-state index in [1.807, 2.05) is 0 Å². The molecule has 1 aromatic rings. The van der Waals surface area contributed by atoms with Gasteiger partial charge in [-0.1, -0.05) is 0 Å². The van der Waals surface area contributed by atoms with Gasteiger partial charge in [0.15, 0.2) is 5.11 Å². The van der Waals surface area contributed by atoms with Crippen LogP contribution in [0.5, 0.6) is 0 Å². The molecule has 3 nitrogen and oxygen atoms in total. The Morgan fingerprint density at radius 2 is 2.06 bits per heavy atom. The van der Waals surface area contributed by atoms with Gasteiger partial charge in [0, 0.05) is 19.7 Å². The summed E-state index contributed by atoms with van der Waals surface area (Å²) in [5, 5.41) is 5.61. The van der Waals surface area contributed by atoms with E-state index < -0.39 is 11.6 Å². The molecule has 0 spiro atoms. The van der Waals surface area contributed by atoms with Gasteiger partial charge in [0.1, 0.15) is 11.6 Å². The van der Waals surface area contributed by atoms with Gasteiger partial charge in [0.05, 0.1) is 12.3 Å². The number of ether oxygens (including phenoxy) is 1. The number of methoxy groups -OCH3 is 1. The quantitative estimate of drug-likeness (QED) is 0.642. The van der Waals surface area contributed by atoms with Crippen LogP contribution >= 0.6 is 12.2 Å². The van der Waals surface area contributed by atoms with Gasteiger partial charge in [-0.25, -0.2) is 8.78 Å². The first-order valence-electron chi connectivity index (χ1n) is 5.04. The van der Waals surface area contributed by atoms with E-state index in [2.05, 4.69) is 10.6 Å². The Kier molecular flexibility index (Phi) is 5.24. The zero-order valence-corrected chi connectivity index (χ0v) is 10.5. The summed E-state index contributed by atoms with van der Waals surface area (Å²) in [6.07, 6.45) is 0. The highest BCUT2D eigenvalue weighted by molar-refractivity contribution is 7.80. The van der Waals surface area contributed by atoms with E-state index in [1.165, 1.54) is 6.92 Å². The molecule has 0 unspecified atom stereocenters. The first-order chi connectivity index (χ1) is 8.04. The van der Waals surface area contributed by atoms with Crippen LogP contribution in [0.2, 0.25) is 0 Å². The minimum atomic E-state index is -0.542. The van der Waals surface area contributed by atoms with Crippen molar-refractivity contribution in [1.82, 2.24) is 5.32 Å². The fourth-order valence-corrected chi connectivity index (χ4v) is 1.39. The van der Waals surface area contributed by atoms with Crippen molar-refractivity contribution in [3.63, 3.8) is 0 Å². The van der Waals surface area contributed by atoms with Crippen LogP contribution in [0, 0.1) is 18.6 Å². The Morgan fingerprint density at radius 3 is 2.71 bits per heavy atom. The molecule has 0 aliphatic carbocycles. The highest BCUT2D eigenvalue weighted by Gasteiger charge is 2.08. The third-order valence-corrected chi connectivity index (χ3v) is 2.33. The number of benzene rings is 1. The molecule has 0 bridgehead atoms. The van der Waals surface area contributed by atoms with Gasteiger partial charge in [0.25, 0.3) is 0 Å². The molecule has 0 heterocycles. The van der Waals surface area contributed by atoms with Crippen LogP contribution in [0.25, 0.3) is 0 Å². The maximum absolute atomic E-state index is 13.4. The number of aryl methyl sites for hydroxylation is 1. The summed E-state index contributed by atoms with van der Waals surface area (Å²) < 4.78 is 31.5. The fraction of sp³-hybridized carbons (Fsp3) is 0.364. The van der Waals surface area contributed by atoms with Crippen LogP contribution in [0.4, 0.5) is 14.5 Å². The monoisotopic (exact) mass is 260 g/mol. The van der Waals surface area contributed by atoms with Crippen molar-refractivity contribution >= 4 is 23.0 Å². The molecular weight excluding hydrogens is 246 g/mol. The molecule has 0 amide bonds. The SMILES string of the molecule is COCCNC(=S)Nc1cc(F)c(C)cc1F. The third kappa shape index (κ3) is 4.24. The maximum atomic E-state index is 13.4. The normalized spacial score (nSPS) is 10.1. The topological polar surface area (TPSA) is 33.3 Å². The van der Waals surface area contributed by atoms with Crippen LogP contribution in [0.1, 0.15) is 5.56 Å². The van der Waals surface area contributed by atoms with E-state index in [-0.39, 0.29) is 16.4 Å². The molecule has 0 saturated heterocycles. The Bertz CT molecular complexity index is 413. The van der Waals surface area contributed by atoms with Crippen LogP contribution in [0.15, 0.2) is 12.1 Å². The van der Waals surface area contributed by atoms with E-state index in [1.54, 1.807) is 7.11 Å². The highest BCUT2D eigenvalue weighted by atomic mass is 32.1. The van der Waals surface area contributed by atoms with Gasteiger partial charge in [0.2, 0.25) is 0 Å². The third-order valence-electron chi connectivity index (χ3n) is 2.09. The molecule has 0 aliphatic rings. The van der Waals surface area contributed by atoms with Crippen molar-refractivity contribution in [2.75, 3.05) is 25.6 Å². The summed E-state index contributed by atoms with van der Waals surface area (Å²) in [5.41, 5.74) is 0.273. The standard InChI is InChI=1S/C11H14F2N2OS/c1-7-5-9(13)10(6-8(7)12)15-11(17)14-3-4-16-2/h5-6H,3-4H2,1-2H3,(H2,14,15,17). The molecule has 0 saturated carbocycles. The molecule has 1 rings (SSSR count). The fourth-order valence-electron chi connectivity index (χ4n) is 1.18. The molecule has 94 valence electrons. The van der Waals surface area contributed by atoms with Crippen LogP contribution < -0.4 is 10.6 Å². The lowest BCUT2D eigenvalue weighted by Gasteiger charge is -2.11. The lowest BCUT2D eigenvalue weighted by molar-refractivity contribution is 0.204. The first kappa shape index (κ1) is 13.8. The Balaban J connectivity index is 2.62. The molecule has 0 atom stereocenters. The molecule has 17 heavy (non-hydrogen) atoms. The molecule has 1 aromatic carbocycles. The molecule has 0 radical (unpaired) electrons. The van der Waals surface area contributed by atoms with E-state index in [0.717, 1.165) is 12.1 Å². The molecule has 2 N–H and O–H groups in total. The minimum absolute atomic E-state index is 0.0167. The van der Waals surface area contributed by atoms with E-state index in [4.69, 9.17) is 17.0 Å². The summed E-state index contributed by atoms with van der Waals surface area (Å²) in [4.78, 5) is 0. The zero-order valence-electron chi connectivity index (χ0n) is 9.64. The minimum Gasteiger partial charge on any atom is -0.383 e. The molecule has 0 aromatic heterocycles. The molecule has 6 heteroatoms. The number of nitrogens with one attached hydrogen (secondary N) is 2. The summed E-state index contributed by atoms with van der Waals surface area (Å²) in [6.45, 7) is 2.47. The summed E-state index contributed by atoms with van der Waals surface area (Å²) in [7, 11) is 1.56. The number of anilines is 1. The Morgan fingerprint density at radius 1 is 1.35 bits per heavy atom. The Labute approximate surface area is 104 Å². The maximum Gasteiger partial charge on any atom is 0.170 e. The highest BCUT2D eigenvalue weighted by Crippen LogP contribution is 2.18. The second-order valence-corrected chi connectivity index (χ2v) is 3.86. The van der Waals surface area contributed by atoms with Gasteiger partial charge in [-0.3, -0.25) is 0 Å². The van der Waals surface area contributed by atoms with Crippen LogP contribution in [0.3, 0.4) is 0 Å². The van der Waals surface area contributed by atoms with Crippen molar-refractivity contribution in [2.45, 2.75) is 6.92 Å². The molecule has 0 fully saturated rings. The summed E-state index contributed by atoms with van der Waals surface area (Å²) in [6, 6.07) is 2.20. The summed E-state index contributed by atoms with van der Waals surface area (Å²) in [5.74, 6) is -1.02. The predicted molar refractivity (Wildman–Crippen MR) is 67.2 cm³/mol. The van der Waals surface area contributed by atoms with Gasteiger partial charge in [-0.2, -0.15) is 0 Å². The van der Waals surface area contributed by atoms with E-state index >= 15 is 0 Å². The zero-order chi connectivity index (χ0) is 12.8. The molecule has 0 aliphatic heterocycles. The predicted octanol–water partition coefficient (Wildman–Crippen LogP) is 2.21. The van der Waals surface area contributed by atoms with Crippen molar-refractivity contribution in [3.05, 3.63) is 29.3 Å². The second kappa shape index (κ2) is 6.46. The van der Waals surface area contributed by atoms with Crippen molar-refractivity contribution < 1.29 is 13.5 Å². The smallest absolute Gasteiger partial charge is 0.170 e. The van der Waals surface area contributed by atoms with Gasteiger partial charge in [-0.05, 0) is 30.8 Å². The van der Waals surface area contributed by atoms with Crippen molar-refractivity contribution in [1.29, 1.82) is 0 Å². The second-order valence-electron chi connectivity index (χ2n) is 3.45. The van der Waals surface area contributed by atoms with Crippen LogP contribution in [-0.4, -0.2) is 25.4 Å². The number of hydrogen-bond acceptors (Lipinski definition) is 2. The van der Waals surface area contributed by atoms with Gasteiger partial charge >= 0.3 is 0 Å². The average molecular weight is 260 g/mol. The molecular formula is C11H14F2N2OS. The lowest BCUT2D eigenvalue weighted by atomic mass is 10.2. The summed E-state index contributed by atoms with van der Waals surface area (Å²) >= 11 is 4.92. The Hall–Kier alpha value is -1.27. The number of thiocarbonyl (C=S) groups is 1. The average Bonchev–Trinajstić information content (AvgIpc) is 2.26. The number of halogens is 2. The van der Waals surface area contributed by atoms with Gasteiger partial charge < -0.3 is 15.4 Å².